The molecule has 0 aliphatic heterocycles. The van der Waals surface area contributed by atoms with Crippen LogP contribution in [0.5, 0.6) is 0 Å². The molecule has 3 nitrogen and oxygen atoms in total. The molecular formula is C48H29N3. The number of hydrogen-bond donors (Lipinski definition) is 0. The van der Waals surface area contributed by atoms with Gasteiger partial charge in [-0.25, -0.2) is 15.0 Å². The van der Waals surface area contributed by atoms with Gasteiger partial charge in [-0.2, -0.15) is 0 Å². The van der Waals surface area contributed by atoms with Gasteiger partial charge in [0.05, 0.1) is 27.8 Å². The van der Waals surface area contributed by atoms with Gasteiger partial charge in [-0.05, 0) is 51.1 Å². The molecule has 1 spiro atoms. The Morgan fingerprint density at radius 1 is 0.353 bits per heavy atom. The van der Waals surface area contributed by atoms with E-state index in [4.69, 9.17) is 15.0 Å². The minimum atomic E-state index is -0.526. The smallest absolute Gasteiger partial charge is 0.162 e. The fraction of sp³-hybridized carbons (Fsp3) is 0.0208. The number of aromatic nitrogens is 3. The normalized spacial score (nSPS) is 13.3. The second-order valence-electron chi connectivity index (χ2n) is 13.4. The van der Waals surface area contributed by atoms with Gasteiger partial charge in [0.15, 0.2) is 5.82 Å². The van der Waals surface area contributed by atoms with E-state index in [0.29, 0.717) is 5.82 Å². The monoisotopic (exact) mass is 647 g/mol. The summed E-state index contributed by atoms with van der Waals surface area (Å²) in [6.07, 6.45) is 0. The molecular weight excluding hydrogens is 619 g/mol. The van der Waals surface area contributed by atoms with Crippen LogP contribution in [0.25, 0.3) is 78.0 Å². The zero-order valence-corrected chi connectivity index (χ0v) is 27.6. The van der Waals surface area contributed by atoms with Crippen molar-refractivity contribution in [1.82, 2.24) is 15.0 Å². The molecule has 2 heterocycles. The molecule has 51 heavy (non-hydrogen) atoms. The van der Waals surface area contributed by atoms with E-state index < -0.39 is 5.41 Å². The predicted octanol–water partition coefficient (Wildman–Crippen LogP) is 11.5. The SMILES string of the molecule is c1ccc(-c2nc3c(-c4nc(-c5ccccc5)c5ccccc5n4)cccc3c3c2-c2ccccc2C32c3ccccc3-c3ccccc32)cc1. The highest BCUT2D eigenvalue weighted by Gasteiger charge is 2.53. The minimum absolute atomic E-state index is 0.526. The Bertz CT molecular complexity index is 2810. The van der Waals surface area contributed by atoms with Crippen molar-refractivity contribution in [3.8, 4) is 56.2 Å². The van der Waals surface area contributed by atoms with Crippen LogP contribution in [0, 0.1) is 0 Å². The van der Waals surface area contributed by atoms with Crippen molar-refractivity contribution in [3.63, 3.8) is 0 Å². The molecule has 0 fully saturated rings. The van der Waals surface area contributed by atoms with Gasteiger partial charge in [-0.3, -0.25) is 0 Å². The van der Waals surface area contributed by atoms with Crippen LogP contribution in [0.15, 0.2) is 176 Å². The van der Waals surface area contributed by atoms with E-state index in [9.17, 15) is 0 Å². The van der Waals surface area contributed by atoms with E-state index in [2.05, 4.69) is 164 Å². The van der Waals surface area contributed by atoms with E-state index in [-0.39, 0.29) is 0 Å². The number of benzene rings is 7. The molecule has 2 aromatic heterocycles. The molecule has 0 unspecified atom stereocenters. The van der Waals surface area contributed by atoms with Crippen LogP contribution in [0.4, 0.5) is 0 Å². The largest absolute Gasteiger partial charge is 0.246 e. The molecule has 0 radical (unpaired) electrons. The lowest BCUT2D eigenvalue weighted by Crippen LogP contribution is -2.26. The lowest BCUT2D eigenvalue weighted by molar-refractivity contribution is 0.801. The highest BCUT2D eigenvalue weighted by molar-refractivity contribution is 6.09. The Labute approximate surface area is 295 Å². The van der Waals surface area contributed by atoms with Gasteiger partial charge in [0.2, 0.25) is 0 Å². The van der Waals surface area contributed by atoms with Crippen molar-refractivity contribution >= 4 is 21.8 Å². The fourth-order valence-corrected chi connectivity index (χ4v) is 8.89. The average molecular weight is 648 g/mol. The highest BCUT2D eigenvalue weighted by Crippen LogP contribution is 2.65. The Kier molecular flexibility index (Phi) is 5.88. The summed E-state index contributed by atoms with van der Waals surface area (Å²) in [4.78, 5) is 16.2. The van der Waals surface area contributed by atoms with Crippen molar-refractivity contribution in [2.75, 3.05) is 0 Å². The molecule has 0 N–H and O–H groups in total. The van der Waals surface area contributed by atoms with Crippen LogP contribution >= 0.6 is 0 Å². The van der Waals surface area contributed by atoms with Crippen LogP contribution in [-0.4, -0.2) is 15.0 Å². The molecule has 11 rings (SSSR count). The van der Waals surface area contributed by atoms with Crippen molar-refractivity contribution in [1.29, 1.82) is 0 Å². The third-order valence-corrected chi connectivity index (χ3v) is 10.9. The second kappa shape index (κ2) is 10.6. The van der Waals surface area contributed by atoms with Crippen LogP contribution in [0.3, 0.4) is 0 Å². The maximum Gasteiger partial charge on any atom is 0.162 e. The van der Waals surface area contributed by atoms with E-state index >= 15 is 0 Å². The topological polar surface area (TPSA) is 38.7 Å². The number of fused-ring (bicyclic) bond motifs is 13. The fourth-order valence-electron chi connectivity index (χ4n) is 8.89. The number of pyridine rings is 1. The number of hydrogen-bond acceptors (Lipinski definition) is 3. The van der Waals surface area contributed by atoms with E-state index in [1.807, 2.05) is 12.1 Å². The van der Waals surface area contributed by atoms with Crippen LogP contribution in [-0.2, 0) is 5.41 Å². The molecule has 0 amide bonds. The zero-order chi connectivity index (χ0) is 33.5. The Morgan fingerprint density at radius 2 is 0.863 bits per heavy atom. The van der Waals surface area contributed by atoms with Gasteiger partial charge >= 0.3 is 0 Å². The third-order valence-electron chi connectivity index (χ3n) is 10.9. The van der Waals surface area contributed by atoms with Gasteiger partial charge in [0.25, 0.3) is 0 Å². The molecule has 3 heteroatoms. The lowest BCUT2D eigenvalue weighted by atomic mass is 9.69. The molecule has 2 aliphatic rings. The Balaban J connectivity index is 1.32. The molecule has 9 aromatic rings. The van der Waals surface area contributed by atoms with E-state index in [1.165, 1.54) is 44.5 Å². The van der Waals surface area contributed by atoms with Gasteiger partial charge in [-0.15, -0.1) is 0 Å². The Morgan fingerprint density at radius 3 is 1.55 bits per heavy atom. The summed E-state index contributed by atoms with van der Waals surface area (Å²) in [5, 5.41) is 2.14. The first-order chi connectivity index (χ1) is 25.3. The average Bonchev–Trinajstić information content (AvgIpc) is 3.69. The maximum absolute atomic E-state index is 5.66. The summed E-state index contributed by atoms with van der Waals surface area (Å²) in [6.45, 7) is 0. The number of rotatable bonds is 3. The summed E-state index contributed by atoms with van der Waals surface area (Å²) in [6, 6.07) is 62.8. The van der Waals surface area contributed by atoms with Crippen molar-refractivity contribution in [2.24, 2.45) is 0 Å². The zero-order valence-electron chi connectivity index (χ0n) is 27.6. The van der Waals surface area contributed by atoms with E-state index in [1.54, 1.807) is 0 Å². The summed E-state index contributed by atoms with van der Waals surface area (Å²) in [7, 11) is 0. The third kappa shape index (κ3) is 3.80. The minimum Gasteiger partial charge on any atom is -0.246 e. The van der Waals surface area contributed by atoms with Gasteiger partial charge in [0, 0.05) is 33.0 Å². The van der Waals surface area contributed by atoms with E-state index in [0.717, 1.165) is 49.9 Å². The molecule has 7 aromatic carbocycles. The van der Waals surface area contributed by atoms with Gasteiger partial charge in [-0.1, -0.05) is 164 Å². The van der Waals surface area contributed by atoms with Crippen molar-refractivity contribution in [2.45, 2.75) is 5.41 Å². The molecule has 236 valence electrons. The van der Waals surface area contributed by atoms with Crippen LogP contribution in [0.2, 0.25) is 0 Å². The van der Waals surface area contributed by atoms with Crippen molar-refractivity contribution in [3.05, 3.63) is 198 Å². The summed E-state index contributed by atoms with van der Waals surface area (Å²) in [5.41, 5.74) is 16.4. The molecule has 2 aliphatic carbocycles. The van der Waals surface area contributed by atoms with Gasteiger partial charge < -0.3 is 0 Å². The van der Waals surface area contributed by atoms with Crippen molar-refractivity contribution < 1.29 is 0 Å². The second-order valence-corrected chi connectivity index (χ2v) is 13.4. The molecule has 0 bridgehead atoms. The molecule has 0 atom stereocenters. The van der Waals surface area contributed by atoms with Gasteiger partial charge in [0.1, 0.15) is 0 Å². The maximum atomic E-state index is 5.66. The molecule has 0 saturated carbocycles. The highest BCUT2D eigenvalue weighted by atomic mass is 14.9. The number of nitrogens with zero attached hydrogens (tertiary/aromatic N) is 3. The predicted molar refractivity (Wildman–Crippen MR) is 207 cm³/mol. The number of para-hydroxylation sites is 2. The standard InChI is InChI=1S/C48H29N3/c1-3-16-30(17-4-1)44-35-23-10-14-29-41(35)49-47(51-44)37-25-15-24-36-43-42(45(50-46(36)37)31-18-5-2-6-19-31)34-22-9-13-28-40(34)48(43)38-26-11-7-20-32(38)33-21-8-12-27-39(33)48/h1-29H. The summed E-state index contributed by atoms with van der Waals surface area (Å²) < 4.78 is 0. The van der Waals surface area contributed by atoms with Crippen LogP contribution in [0.1, 0.15) is 22.3 Å². The Hall–Kier alpha value is -6.71. The van der Waals surface area contributed by atoms with Crippen LogP contribution < -0.4 is 0 Å². The summed E-state index contributed by atoms with van der Waals surface area (Å²) >= 11 is 0. The first-order valence-electron chi connectivity index (χ1n) is 17.5. The lowest BCUT2D eigenvalue weighted by Gasteiger charge is -2.31. The quantitative estimate of drug-likeness (QED) is 0.192. The first kappa shape index (κ1) is 28.2. The first-order valence-corrected chi connectivity index (χ1v) is 17.5. The summed E-state index contributed by atoms with van der Waals surface area (Å²) in [5.74, 6) is 0.668. The molecule has 0 saturated heterocycles.